The minimum atomic E-state index is -0.800. The molecule has 1 atom stereocenters. The highest BCUT2D eigenvalue weighted by Crippen LogP contribution is 2.17. The summed E-state index contributed by atoms with van der Waals surface area (Å²) in [4.78, 5) is 38.4. The fourth-order valence-corrected chi connectivity index (χ4v) is 9.80. The van der Waals surface area contributed by atoms with Crippen LogP contribution >= 0.6 is 0 Å². The molecule has 79 heavy (non-hydrogen) atoms. The van der Waals surface area contributed by atoms with Gasteiger partial charge in [0, 0.05) is 19.3 Å². The van der Waals surface area contributed by atoms with Crippen molar-refractivity contribution in [2.24, 2.45) is 0 Å². The van der Waals surface area contributed by atoms with Gasteiger partial charge in [0.15, 0.2) is 6.10 Å². The van der Waals surface area contributed by atoms with E-state index in [2.05, 4.69) is 106 Å². The summed E-state index contributed by atoms with van der Waals surface area (Å²) < 4.78 is 16.9. The Hall–Kier alpha value is -3.41. The van der Waals surface area contributed by atoms with Crippen molar-refractivity contribution in [3.05, 3.63) is 85.1 Å². The Morgan fingerprint density at radius 2 is 0.494 bits per heavy atom. The average Bonchev–Trinajstić information content (AvgIpc) is 3.45. The molecule has 0 bridgehead atoms. The van der Waals surface area contributed by atoms with Gasteiger partial charge in [0.2, 0.25) is 0 Å². The van der Waals surface area contributed by atoms with Gasteiger partial charge in [-0.3, -0.25) is 14.4 Å². The number of esters is 3. The molecule has 0 amide bonds. The average molecular weight is 1100 g/mol. The van der Waals surface area contributed by atoms with Gasteiger partial charge in [-0.1, -0.05) is 311 Å². The molecule has 1 unspecified atom stereocenters. The first-order valence-electron chi connectivity index (χ1n) is 34.1. The second kappa shape index (κ2) is 67.1. The van der Waals surface area contributed by atoms with Gasteiger partial charge >= 0.3 is 17.9 Å². The minimum Gasteiger partial charge on any atom is -0.462 e. The van der Waals surface area contributed by atoms with Gasteiger partial charge < -0.3 is 14.2 Å². The quantitative estimate of drug-likeness (QED) is 0.0261. The van der Waals surface area contributed by atoms with E-state index in [4.69, 9.17) is 14.2 Å². The molecule has 0 aromatic carbocycles. The maximum Gasteiger partial charge on any atom is 0.306 e. The number of unbranched alkanes of at least 4 members (excludes halogenated alkanes) is 37. The second-order valence-electron chi connectivity index (χ2n) is 22.7. The number of hydrogen-bond acceptors (Lipinski definition) is 6. The molecule has 456 valence electrons. The van der Waals surface area contributed by atoms with Gasteiger partial charge in [-0.2, -0.15) is 0 Å². The lowest BCUT2D eigenvalue weighted by Crippen LogP contribution is -2.30. The SMILES string of the molecule is CC/C=C\C/C=C\C/C=C\C/C=C\C/C=C\C/C=C\CCCCC(=O)OC(COC(=O)CCCCCCCCCCCCC/C=C\CCCCCCCCCC)COC(=O)CCCCCCCCCCCCCCCCCCC. The van der Waals surface area contributed by atoms with Gasteiger partial charge in [0.25, 0.3) is 0 Å². The lowest BCUT2D eigenvalue weighted by atomic mass is 10.0. The predicted octanol–water partition coefficient (Wildman–Crippen LogP) is 23.4. The molecular formula is C73H128O6. The number of carbonyl (C=O) groups is 3. The van der Waals surface area contributed by atoms with Crippen molar-refractivity contribution in [1.29, 1.82) is 0 Å². The minimum absolute atomic E-state index is 0.0911. The smallest absolute Gasteiger partial charge is 0.306 e. The van der Waals surface area contributed by atoms with Gasteiger partial charge in [-0.15, -0.1) is 0 Å². The third-order valence-corrected chi connectivity index (χ3v) is 14.9. The van der Waals surface area contributed by atoms with Crippen molar-refractivity contribution in [2.45, 2.75) is 348 Å². The Kier molecular flexibility index (Phi) is 64.2. The van der Waals surface area contributed by atoms with Crippen molar-refractivity contribution in [2.75, 3.05) is 13.2 Å². The normalized spacial score (nSPS) is 12.6. The molecule has 0 spiro atoms. The molecule has 0 saturated carbocycles. The molecule has 0 N–H and O–H groups in total. The Morgan fingerprint density at radius 3 is 0.810 bits per heavy atom. The Morgan fingerprint density at radius 1 is 0.266 bits per heavy atom. The van der Waals surface area contributed by atoms with Gasteiger partial charge in [0.1, 0.15) is 13.2 Å². The van der Waals surface area contributed by atoms with Crippen molar-refractivity contribution in [1.82, 2.24) is 0 Å². The highest BCUT2D eigenvalue weighted by atomic mass is 16.6. The largest absolute Gasteiger partial charge is 0.462 e. The number of rotatable bonds is 62. The molecule has 6 heteroatoms. The number of carbonyl (C=O) groups excluding carboxylic acids is 3. The Balaban J connectivity index is 4.41. The molecule has 0 rings (SSSR count). The van der Waals surface area contributed by atoms with Gasteiger partial charge in [-0.25, -0.2) is 0 Å². The predicted molar refractivity (Wildman–Crippen MR) is 344 cm³/mol. The van der Waals surface area contributed by atoms with E-state index in [1.165, 1.54) is 205 Å². The Labute approximate surface area is 490 Å². The second-order valence-corrected chi connectivity index (χ2v) is 22.7. The van der Waals surface area contributed by atoms with Gasteiger partial charge in [0.05, 0.1) is 0 Å². The van der Waals surface area contributed by atoms with E-state index in [-0.39, 0.29) is 37.5 Å². The molecule has 0 aliphatic heterocycles. The Bertz CT molecular complexity index is 1500. The summed E-state index contributed by atoms with van der Waals surface area (Å²) in [5.41, 5.74) is 0. The first kappa shape index (κ1) is 75.6. The molecule has 0 fully saturated rings. The zero-order valence-corrected chi connectivity index (χ0v) is 52.4. The van der Waals surface area contributed by atoms with E-state index in [1.807, 2.05) is 0 Å². The van der Waals surface area contributed by atoms with E-state index in [0.29, 0.717) is 19.3 Å². The summed E-state index contributed by atoms with van der Waals surface area (Å²) in [6, 6.07) is 0. The van der Waals surface area contributed by atoms with Crippen LogP contribution in [0, 0.1) is 0 Å². The monoisotopic (exact) mass is 1100 g/mol. The first-order valence-corrected chi connectivity index (χ1v) is 34.1. The number of allylic oxidation sites excluding steroid dienone is 14. The summed E-state index contributed by atoms with van der Waals surface area (Å²) in [5, 5.41) is 0. The van der Waals surface area contributed by atoms with Crippen LogP contribution in [0.3, 0.4) is 0 Å². The number of hydrogen-bond donors (Lipinski definition) is 0. The molecule has 0 radical (unpaired) electrons. The van der Waals surface area contributed by atoms with Gasteiger partial charge in [-0.05, 0) is 96.3 Å². The molecular weight excluding hydrogens is 973 g/mol. The fraction of sp³-hybridized carbons (Fsp3) is 0.767. The van der Waals surface area contributed by atoms with Crippen LogP contribution in [0.5, 0.6) is 0 Å². The van der Waals surface area contributed by atoms with E-state index in [0.717, 1.165) is 89.9 Å². The van der Waals surface area contributed by atoms with E-state index in [1.54, 1.807) is 0 Å². The van der Waals surface area contributed by atoms with E-state index < -0.39 is 6.10 Å². The van der Waals surface area contributed by atoms with Crippen molar-refractivity contribution in [3.63, 3.8) is 0 Å². The third kappa shape index (κ3) is 65.3. The highest BCUT2D eigenvalue weighted by molar-refractivity contribution is 5.71. The van der Waals surface area contributed by atoms with Crippen molar-refractivity contribution in [3.8, 4) is 0 Å². The van der Waals surface area contributed by atoms with E-state index in [9.17, 15) is 14.4 Å². The topological polar surface area (TPSA) is 78.9 Å². The van der Waals surface area contributed by atoms with Crippen molar-refractivity contribution < 1.29 is 28.6 Å². The van der Waals surface area contributed by atoms with Crippen LogP contribution in [-0.4, -0.2) is 37.2 Å². The zero-order valence-electron chi connectivity index (χ0n) is 52.4. The molecule has 0 aromatic heterocycles. The summed E-state index contributed by atoms with van der Waals surface area (Å²) in [7, 11) is 0. The summed E-state index contributed by atoms with van der Waals surface area (Å²) in [6.45, 7) is 6.54. The lowest BCUT2D eigenvalue weighted by molar-refractivity contribution is -0.167. The van der Waals surface area contributed by atoms with E-state index >= 15 is 0 Å². The highest BCUT2D eigenvalue weighted by Gasteiger charge is 2.19. The summed E-state index contributed by atoms with van der Waals surface area (Å²) in [5.74, 6) is -0.918. The van der Waals surface area contributed by atoms with Crippen LogP contribution in [0.1, 0.15) is 342 Å². The molecule has 0 heterocycles. The molecule has 0 aliphatic carbocycles. The van der Waals surface area contributed by atoms with Crippen LogP contribution in [-0.2, 0) is 28.6 Å². The van der Waals surface area contributed by atoms with Crippen LogP contribution in [0.15, 0.2) is 85.1 Å². The third-order valence-electron chi connectivity index (χ3n) is 14.9. The first-order chi connectivity index (χ1) is 39.0. The van der Waals surface area contributed by atoms with Crippen LogP contribution in [0.4, 0.5) is 0 Å². The standard InChI is InChI=1S/C73H128O6/c1-4-7-10-13-16-19-22-25-28-31-33-35-36-38-39-42-45-48-51-54-57-60-63-66-72(75)78-69-70(68-77-71(74)65-62-59-56-53-50-47-44-41-30-27-24-21-18-15-12-9-6-3)79-73(76)67-64-61-58-55-52-49-46-43-40-37-34-32-29-26-23-20-17-14-11-8-5-2/h8,11,17,20,26,29,31,33-34,37,43,46,52,55,70H,4-7,9-10,12-16,18-19,21-25,27-28,30,32,35-36,38-42,44-45,47-51,53-54,56-69H2,1-3H3/b11-8-,20-17-,29-26-,33-31-,37-34-,46-43-,55-52-. The molecule has 0 aromatic rings. The maximum atomic E-state index is 12.9. The van der Waals surface area contributed by atoms with Crippen LogP contribution < -0.4 is 0 Å². The number of ether oxygens (including phenoxy) is 3. The summed E-state index contributed by atoms with van der Waals surface area (Å²) in [6.07, 6.45) is 88.9. The molecule has 0 saturated heterocycles. The molecule has 0 aliphatic rings. The zero-order chi connectivity index (χ0) is 57.1. The van der Waals surface area contributed by atoms with Crippen molar-refractivity contribution >= 4 is 17.9 Å². The summed E-state index contributed by atoms with van der Waals surface area (Å²) >= 11 is 0. The van der Waals surface area contributed by atoms with Crippen LogP contribution in [0.2, 0.25) is 0 Å². The maximum absolute atomic E-state index is 12.9. The lowest BCUT2D eigenvalue weighted by Gasteiger charge is -2.18. The fourth-order valence-electron chi connectivity index (χ4n) is 9.80. The van der Waals surface area contributed by atoms with Crippen LogP contribution in [0.25, 0.3) is 0 Å². The molecule has 6 nitrogen and oxygen atoms in total.